The SMILES string of the molecule is O=C(CC(=O)Nc1ccccc1Br)NN=Cc1ccc(F)cc1. The zero-order valence-electron chi connectivity index (χ0n) is 11.9. The molecule has 2 aromatic rings. The number of hydrogen-bond acceptors (Lipinski definition) is 3. The van der Waals surface area contributed by atoms with Crippen molar-refractivity contribution >= 4 is 39.6 Å². The van der Waals surface area contributed by atoms with Crippen molar-refractivity contribution in [2.45, 2.75) is 6.42 Å². The highest BCUT2D eigenvalue weighted by molar-refractivity contribution is 9.10. The van der Waals surface area contributed by atoms with E-state index in [1.807, 2.05) is 6.07 Å². The highest BCUT2D eigenvalue weighted by atomic mass is 79.9. The first kappa shape index (κ1) is 16.8. The molecule has 0 aliphatic rings. The fourth-order valence-corrected chi connectivity index (χ4v) is 2.05. The second kappa shape index (κ2) is 8.19. The summed E-state index contributed by atoms with van der Waals surface area (Å²) in [5.74, 6) is -1.35. The van der Waals surface area contributed by atoms with E-state index in [9.17, 15) is 14.0 Å². The van der Waals surface area contributed by atoms with Crippen molar-refractivity contribution in [3.05, 3.63) is 64.4 Å². The lowest BCUT2D eigenvalue weighted by Gasteiger charge is -2.06. The number of nitrogens with one attached hydrogen (secondary N) is 2. The summed E-state index contributed by atoms with van der Waals surface area (Å²) in [5.41, 5.74) is 3.45. The number of carbonyl (C=O) groups is 2. The highest BCUT2D eigenvalue weighted by Gasteiger charge is 2.10. The minimum atomic E-state index is -0.548. The average molecular weight is 378 g/mol. The van der Waals surface area contributed by atoms with E-state index in [0.29, 0.717) is 11.3 Å². The molecular formula is C16H13BrFN3O2. The van der Waals surface area contributed by atoms with Crippen molar-refractivity contribution in [2.75, 3.05) is 5.32 Å². The van der Waals surface area contributed by atoms with E-state index in [1.165, 1.54) is 30.5 Å². The Morgan fingerprint density at radius 2 is 1.78 bits per heavy atom. The summed E-state index contributed by atoms with van der Waals surface area (Å²) >= 11 is 3.30. The summed E-state index contributed by atoms with van der Waals surface area (Å²) in [5, 5.41) is 6.33. The maximum Gasteiger partial charge on any atom is 0.249 e. The molecule has 0 heterocycles. The first-order chi connectivity index (χ1) is 11.0. The number of rotatable bonds is 5. The van der Waals surface area contributed by atoms with Crippen LogP contribution in [0.3, 0.4) is 0 Å². The molecule has 0 saturated heterocycles. The number of nitrogens with zero attached hydrogens (tertiary/aromatic N) is 1. The summed E-state index contributed by atoms with van der Waals surface area (Å²) in [7, 11) is 0. The van der Waals surface area contributed by atoms with Gasteiger partial charge < -0.3 is 5.32 Å². The molecule has 2 rings (SSSR count). The summed E-state index contributed by atoms with van der Waals surface area (Å²) in [6.07, 6.45) is 1.01. The van der Waals surface area contributed by atoms with Gasteiger partial charge in [0.2, 0.25) is 11.8 Å². The van der Waals surface area contributed by atoms with E-state index in [-0.39, 0.29) is 12.2 Å². The minimum Gasteiger partial charge on any atom is -0.325 e. The van der Waals surface area contributed by atoms with Crippen molar-refractivity contribution in [1.29, 1.82) is 0 Å². The lowest BCUT2D eigenvalue weighted by Crippen LogP contribution is -2.24. The lowest BCUT2D eigenvalue weighted by molar-refractivity contribution is -0.126. The molecule has 0 atom stereocenters. The molecule has 0 unspecified atom stereocenters. The Kier molecular flexibility index (Phi) is 5.99. The maximum absolute atomic E-state index is 12.7. The number of benzene rings is 2. The number of hydrogen-bond donors (Lipinski definition) is 2. The predicted octanol–water partition coefficient (Wildman–Crippen LogP) is 3.07. The zero-order valence-corrected chi connectivity index (χ0v) is 13.5. The maximum atomic E-state index is 12.7. The third-order valence-electron chi connectivity index (χ3n) is 2.74. The van der Waals surface area contributed by atoms with Gasteiger partial charge in [0.15, 0.2) is 0 Å². The van der Waals surface area contributed by atoms with Crippen LogP contribution in [-0.2, 0) is 9.59 Å². The molecule has 0 saturated carbocycles. The fraction of sp³-hybridized carbons (Fsp3) is 0.0625. The Labute approximate surface area is 140 Å². The molecule has 23 heavy (non-hydrogen) atoms. The molecule has 0 fully saturated rings. The van der Waals surface area contributed by atoms with Crippen molar-refractivity contribution in [3.63, 3.8) is 0 Å². The van der Waals surface area contributed by atoms with E-state index >= 15 is 0 Å². The highest BCUT2D eigenvalue weighted by Crippen LogP contribution is 2.21. The van der Waals surface area contributed by atoms with E-state index < -0.39 is 11.8 Å². The van der Waals surface area contributed by atoms with Gasteiger partial charge in [-0.3, -0.25) is 9.59 Å². The monoisotopic (exact) mass is 377 g/mol. The number of halogens is 2. The van der Waals surface area contributed by atoms with Crippen molar-refractivity contribution in [2.24, 2.45) is 5.10 Å². The second-order valence-corrected chi connectivity index (χ2v) is 5.40. The first-order valence-corrected chi connectivity index (χ1v) is 7.46. The third-order valence-corrected chi connectivity index (χ3v) is 3.43. The molecule has 2 aromatic carbocycles. The van der Waals surface area contributed by atoms with E-state index in [1.54, 1.807) is 18.2 Å². The van der Waals surface area contributed by atoms with Gasteiger partial charge in [-0.1, -0.05) is 24.3 Å². The topological polar surface area (TPSA) is 70.6 Å². The average Bonchev–Trinajstić information content (AvgIpc) is 2.51. The standard InChI is InChI=1S/C16H13BrFN3O2/c17-13-3-1-2-4-14(13)20-15(22)9-16(23)21-19-10-11-5-7-12(18)8-6-11/h1-8,10H,9H2,(H,20,22)(H,21,23). The summed E-state index contributed by atoms with van der Waals surface area (Å²) in [6.45, 7) is 0. The van der Waals surface area contributed by atoms with Crippen LogP contribution < -0.4 is 10.7 Å². The van der Waals surface area contributed by atoms with Gasteiger partial charge in [0.25, 0.3) is 0 Å². The van der Waals surface area contributed by atoms with Crippen molar-refractivity contribution < 1.29 is 14.0 Å². The van der Waals surface area contributed by atoms with Crippen LogP contribution in [0.5, 0.6) is 0 Å². The molecule has 118 valence electrons. The number of hydrazone groups is 1. The van der Waals surface area contributed by atoms with Gasteiger partial charge in [0, 0.05) is 4.47 Å². The van der Waals surface area contributed by atoms with Gasteiger partial charge in [-0.2, -0.15) is 5.10 Å². The summed E-state index contributed by atoms with van der Waals surface area (Å²) < 4.78 is 13.5. The van der Waals surface area contributed by atoms with Crippen LogP contribution in [0.15, 0.2) is 58.1 Å². The Morgan fingerprint density at radius 3 is 2.48 bits per heavy atom. The third kappa shape index (κ3) is 5.63. The molecule has 7 heteroatoms. The molecule has 0 aliphatic heterocycles. The van der Waals surface area contributed by atoms with E-state index in [0.717, 1.165) is 4.47 Å². The predicted molar refractivity (Wildman–Crippen MR) is 89.5 cm³/mol. The van der Waals surface area contributed by atoms with Crippen LogP contribution in [0.25, 0.3) is 0 Å². The first-order valence-electron chi connectivity index (χ1n) is 6.66. The van der Waals surface area contributed by atoms with E-state index in [2.05, 4.69) is 31.8 Å². The second-order valence-electron chi connectivity index (χ2n) is 4.55. The number of amides is 2. The van der Waals surface area contributed by atoms with Gasteiger partial charge >= 0.3 is 0 Å². The van der Waals surface area contributed by atoms with Crippen LogP contribution in [-0.4, -0.2) is 18.0 Å². The Morgan fingerprint density at radius 1 is 1.09 bits per heavy atom. The van der Waals surface area contributed by atoms with Gasteiger partial charge in [0.1, 0.15) is 12.2 Å². The molecule has 0 spiro atoms. The van der Waals surface area contributed by atoms with Crippen molar-refractivity contribution in [1.82, 2.24) is 5.43 Å². The number of carbonyl (C=O) groups excluding carboxylic acids is 2. The van der Waals surface area contributed by atoms with Gasteiger partial charge in [-0.25, -0.2) is 9.82 Å². The molecule has 0 bridgehead atoms. The Hall–Kier alpha value is -2.54. The quantitative estimate of drug-likeness (QED) is 0.477. The molecule has 5 nitrogen and oxygen atoms in total. The molecule has 2 N–H and O–H groups in total. The van der Waals surface area contributed by atoms with Crippen LogP contribution in [0.1, 0.15) is 12.0 Å². The Balaban J connectivity index is 1.81. The van der Waals surface area contributed by atoms with Crippen molar-refractivity contribution in [3.8, 4) is 0 Å². The minimum absolute atomic E-state index is 0.352. The van der Waals surface area contributed by atoms with Crippen LogP contribution in [0.4, 0.5) is 10.1 Å². The fourth-order valence-electron chi connectivity index (χ4n) is 1.67. The van der Waals surface area contributed by atoms with E-state index in [4.69, 9.17) is 0 Å². The smallest absolute Gasteiger partial charge is 0.249 e. The summed E-state index contributed by atoms with van der Waals surface area (Å²) in [4.78, 5) is 23.4. The molecule has 0 aromatic heterocycles. The number of anilines is 1. The Bertz CT molecular complexity index is 732. The largest absolute Gasteiger partial charge is 0.325 e. The molecule has 0 radical (unpaired) electrons. The van der Waals surface area contributed by atoms with Crippen LogP contribution in [0.2, 0.25) is 0 Å². The number of para-hydroxylation sites is 1. The molecular weight excluding hydrogens is 365 g/mol. The van der Waals surface area contributed by atoms with Crippen LogP contribution >= 0.6 is 15.9 Å². The lowest BCUT2D eigenvalue weighted by atomic mass is 10.2. The van der Waals surface area contributed by atoms with Gasteiger partial charge in [-0.05, 0) is 45.8 Å². The van der Waals surface area contributed by atoms with Crippen LogP contribution in [0, 0.1) is 5.82 Å². The zero-order chi connectivity index (χ0) is 16.7. The normalized spacial score (nSPS) is 10.5. The summed E-state index contributed by atoms with van der Waals surface area (Å²) in [6, 6.07) is 12.7. The van der Waals surface area contributed by atoms with Gasteiger partial charge in [-0.15, -0.1) is 0 Å². The molecule has 2 amide bonds. The molecule has 0 aliphatic carbocycles. The van der Waals surface area contributed by atoms with Gasteiger partial charge in [0.05, 0.1) is 11.9 Å².